The number of Topliss-reactive ketones (excluding diaryl/α,β-unsaturated/α-hetero) is 1. The number of nitriles is 1. The topological polar surface area (TPSA) is 103 Å². The summed E-state index contributed by atoms with van der Waals surface area (Å²) in [6.07, 6.45) is -0.386. The van der Waals surface area contributed by atoms with Crippen molar-refractivity contribution >= 4 is 17.5 Å². The minimum Gasteiger partial charge on any atom is -0.478 e. The molecule has 7 nitrogen and oxygen atoms in total. The minimum atomic E-state index is -0.988. The summed E-state index contributed by atoms with van der Waals surface area (Å²) in [6, 6.07) is 22.4. The molecule has 0 aromatic heterocycles. The van der Waals surface area contributed by atoms with E-state index in [1.54, 1.807) is 53.5 Å². The number of hydrogen-bond donors (Lipinski definition) is 1. The van der Waals surface area contributed by atoms with Gasteiger partial charge in [0.15, 0.2) is 0 Å². The maximum Gasteiger partial charge on any atom is 0.335 e. The van der Waals surface area contributed by atoms with Gasteiger partial charge in [-0.2, -0.15) is 10.4 Å². The molecule has 0 spiro atoms. The molecular formula is C25H17N3O4. The van der Waals surface area contributed by atoms with Gasteiger partial charge in [0, 0.05) is 17.5 Å². The number of fused-ring (bicyclic) bond motifs is 3. The SMILES string of the molecule is N#Cc1ccc(C(=O)C2Oc3ccccc3C3CC(c4ccc(C(=O)O)cc4)=NN23)cc1. The average molecular weight is 423 g/mol. The van der Waals surface area contributed by atoms with Crippen molar-refractivity contribution in [2.75, 3.05) is 0 Å². The second kappa shape index (κ2) is 7.67. The molecule has 0 bridgehead atoms. The lowest BCUT2D eigenvalue weighted by atomic mass is 9.95. The first-order valence-electron chi connectivity index (χ1n) is 10.0. The molecule has 32 heavy (non-hydrogen) atoms. The van der Waals surface area contributed by atoms with Crippen LogP contribution in [0.3, 0.4) is 0 Å². The van der Waals surface area contributed by atoms with Crippen LogP contribution in [-0.4, -0.2) is 33.8 Å². The van der Waals surface area contributed by atoms with Crippen molar-refractivity contribution in [1.29, 1.82) is 5.26 Å². The average Bonchev–Trinajstić information content (AvgIpc) is 3.29. The molecule has 2 heterocycles. The molecule has 0 aliphatic carbocycles. The summed E-state index contributed by atoms with van der Waals surface area (Å²) in [5, 5.41) is 24.6. The van der Waals surface area contributed by atoms with Gasteiger partial charge in [-0.05, 0) is 48.0 Å². The highest BCUT2D eigenvalue weighted by Crippen LogP contribution is 2.43. The Morgan fingerprint density at radius 1 is 1.00 bits per heavy atom. The van der Waals surface area contributed by atoms with Crippen LogP contribution < -0.4 is 4.74 Å². The third-order valence-electron chi connectivity index (χ3n) is 5.69. The Morgan fingerprint density at radius 3 is 2.38 bits per heavy atom. The smallest absolute Gasteiger partial charge is 0.335 e. The van der Waals surface area contributed by atoms with Crippen LogP contribution in [-0.2, 0) is 0 Å². The van der Waals surface area contributed by atoms with Crippen molar-refractivity contribution < 1.29 is 19.4 Å². The van der Waals surface area contributed by atoms with Crippen LogP contribution in [0.1, 0.15) is 49.9 Å². The van der Waals surface area contributed by atoms with E-state index >= 15 is 0 Å². The predicted octanol–water partition coefficient (Wildman–Crippen LogP) is 4.01. The molecule has 0 radical (unpaired) electrons. The lowest BCUT2D eigenvalue weighted by Gasteiger charge is -2.37. The first kappa shape index (κ1) is 19.5. The summed E-state index contributed by atoms with van der Waals surface area (Å²) in [6.45, 7) is 0. The number of para-hydroxylation sites is 1. The van der Waals surface area contributed by atoms with Gasteiger partial charge in [0.05, 0.1) is 28.9 Å². The maximum absolute atomic E-state index is 13.3. The van der Waals surface area contributed by atoms with Gasteiger partial charge in [-0.25, -0.2) is 9.80 Å². The number of hydrazone groups is 1. The number of benzene rings is 3. The van der Waals surface area contributed by atoms with Gasteiger partial charge in [-0.1, -0.05) is 30.3 Å². The zero-order chi connectivity index (χ0) is 22.2. The molecule has 0 saturated heterocycles. The fraction of sp³-hybridized carbons (Fsp3) is 0.120. The summed E-state index contributed by atoms with van der Waals surface area (Å²) in [5.41, 5.74) is 3.60. The number of carbonyl (C=O) groups is 2. The molecule has 0 fully saturated rings. The number of carboxylic acids is 1. The summed E-state index contributed by atoms with van der Waals surface area (Å²) >= 11 is 0. The summed E-state index contributed by atoms with van der Waals surface area (Å²) in [5.74, 6) is -0.601. The molecule has 0 amide bonds. The molecule has 1 N–H and O–H groups in total. The van der Waals surface area contributed by atoms with Crippen LogP contribution in [0.4, 0.5) is 0 Å². The molecule has 5 rings (SSSR count). The highest BCUT2D eigenvalue weighted by atomic mass is 16.5. The second-order valence-corrected chi connectivity index (χ2v) is 7.59. The van der Waals surface area contributed by atoms with Gasteiger partial charge in [-0.15, -0.1) is 0 Å². The van der Waals surface area contributed by atoms with Gasteiger partial charge < -0.3 is 9.84 Å². The van der Waals surface area contributed by atoms with E-state index in [-0.39, 0.29) is 17.4 Å². The number of carboxylic acid groups (broad SMARTS) is 1. The number of nitrogens with zero attached hydrogens (tertiary/aromatic N) is 3. The lowest BCUT2D eigenvalue weighted by Crippen LogP contribution is -2.45. The number of aromatic carboxylic acids is 1. The normalized spacial score (nSPS) is 18.6. The van der Waals surface area contributed by atoms with Gasteiger partial charge in [0.1, 0.15) is 5.75 Å². The Balaban J connectivity index is 1.52. The van der Waals surface area contributed by atoms with E-state index in [1.165, 1.54) is 0 Å². The molecule has 7 heteroatoms. The molecule has 2 aliphatic rings. The first-order valence-corrected chi connectivity index (χ1v) is 10.0. The molecule has 0 saturated carbocycles. The molecule has 3 aromatic carbocycles. The summed E-state index contributed by atoms with van der Waals surface area (Å²) in [7, 11) is 0. The molecule has 2 aliphatic heterocycles. The van der Waals surface area contributed by atoms with E-state index < -0.39 is 12.2 Å². The molecular weight excluding hydrogens is 406 g/mol. The van der Waals surface area contributed by atoms with Crippen LogP contribution in [0, 0.1) is 11.3 Å². The van der Waals surface area contributed by atoms with Crippen LogP contribution in [0.2, 0.25) is 0 Å². The van der Waals surface area contributed by atoms with Crippen molar-refractivity contribution in [3.05, 3.63) is 101 Å². The quantitative estimate of drug-likeness (QED) is 0.636. The summed E-state index contributed by atoms with van der Waals surface area (Å²) < 4.78 is 6.08. The van der Waals surface area contributed by atoms with Crippen LogP contribution in [0.25, 0.3) is 0 Å². The molecule has 3 aromatic rings. The van der Waals surface area contributed by atoms with Gasteiger partial charge >= 0.3 is 5.97 Å². The van der Waals surface area contributed by atoms with Crippen molar-refractivity contribution in [2.45, 2.75) is 18.7 Å². The fourth-order valence-corrected chi connectivity index (χ4v) is 4.04. The van der Waals surface area contributed by atoms with E-state index in [0.29, 0.717) is 23.3 Å². The van der Waals surface area contributed by atoms with Gasteiger partial charge in [0.2, 0.25) is 5.78 Å². The first-order chi connectivity index (χ1) is 15.5. The minimum absolute atomic E-state index is 0.179. The van der Waals surface area contributed by atoms with Crippen molar-refractivity contribution in [3.63, 3.8) is 0 Å². The molecule has 2 atom stereocenters. The standard InChI is InChI=1S/C25H17N3O4/c26-14-15-5-7-17(8-6-15)23(29)24-28-21(19-3-1-2-4-22(19)32-24)13-20(27-28)16-9-11-18(12-10-16)25(30)31/h1-12,21,24H,13H2,(H,30,31). The van der Waals surface area contributed by atoms with E-state index in [0.717, 1.165) is 16.8 Å². The number of ether oxygens (including phenoxy) is 1. The lowest BCUT2D eigenvalue weighted by molar-refractivity contribution is -0.00455. The number of carbonyl (C=O) groups excluding carboxylic acids is 1. The predicted molar refractivity (Wildman–Crippen MR) is 115 cm³/mol. The Bertz CT molecular complexity index is 1290. The Morgan fingerprint density at radius 2 is 1.69 bits per heavy atom. The van der Waals surface area contributed by atoms with Crippen molar-refractivity contribution in [3.8, 4) is 11.8 Å². The van der Waals surface area contributed by atoms with E-state index in [4.69, 9.17) is 20.2 Å². The van der Waals surface area contributed by atoms with Crippen molar-refractivity contribution in [1.82, 2.24) is 5.01 Å². The van der Waals surface area contributed by atoms with Gasteiger partial charge in [0.25, 0.3) is 6.23 Å². The number of rotatable bonds is 4. The zero-order valence-electron chi connectivity index (χ0n) is 16.8. The second-order valence-electron chi connectivity index (χ2n) is 7.59. The van der Waals surface area contributed by atoms with Gasteiger partial charge in [-0.3, -0.25) is 4.79 Å². The van der Waals surface area contributed by atoms with E-state index in [2.05, 4.69) is 0 Å². The third-order valence-corrected chi connectivity index (χ3v) is 5.69. The largest absolute Gasteiger partial charge is 0.478 e. The zero-order valence-corrected chi connectivity index (χ0v) is 16.8. The summed E-state index contributed by atoms with van der Waals surface area (Å²) in [4.78, 5) is 24.5. The molecule has 156 valence electrons. The number of ketones is 1. The highest BCUT2D eigenvalue weighted by Gasteiger charge is 2.43. The Labute approximate surface area is 183 Å². The van der Waals surface area contributed by atoms with Crippen LogP contribution >= 0.6 is 0 Å². The molecule has 2 unspecified atom stereocenters. The monoisotopic (exact) mass is 423 g/mol. The number of hydrogen-bond acceptors (Lipinski definition) is 6. The van der Waals surface area contributed by atoms with Crippen molar-refractivity contribution in [2.24, 2.45) is 5.10 Å². The third kappa shape index (κ3) is 3.28. The van der Waals surface area contributed by atoms with E-state index in [1.807, 2.05) is 30.3 Å². The Kier molecular flexibility index (Phi) is 4.68. The Hall–Kier alpha value is -4.44. The maximum atomic E-state index is 13.3. The van der Waals surface area contributed by atoms with Crippen LogP contribution in [0.5, 0.6) is 5.75 Å². The van der Waals surface area contributed by atoms with E-state index in [9.17, 15) is 9.59 Å². The fourth-order valence-electron chi connectivity index (χ4n) is 4.04. The van der Waals surface area contributed by atoms with Crippen LogP contribution in [0.15, 0.2) is 77.9 Å². The highest BCUT2D eigenvalue weighted by molar-refractivity contribution is 6.04.